The fraction of sp³-hybridized carbons (Fsp3) is 0.474. The predicted molar refractivity (Wildman–Crippen MR) is 98.4 cm³/mol. The Hall–Kier alpha value is -3.01. The van der Waals surface area contributed by atoms with Crippen LogP contribution in [0.1, 0.15) is 25.8 Å². The van der Waals surface area contributed by atoms with Crippen molar-refractivity contribution in [2.45, 2.75) is 44.9 Å². The second-order valence-corrected chi connectivity index (χ2v) is 8.02. The monoisotopic (exact) mass is 402 g/mol. The van der Waals surface area contributed by atoms with Crippen LogP contribution in [0, 0.1) is 11.2 Å². The summed E-state index contributed by atoms with van der Waals surface area (Å²) in [6, 6.07) is 0.846. The number of nitrogens with zero attached hydrogens (tertiary/aromatic N) is 2. The summed E-state index contributed by atoms with van der Waals surface area (Å²) in [5.41, 5.74) is 4.86. The fourth-order valence-electron chi connectivity index (χ4n) is 5.16. The van der Waals surface area contributed by atoms with Crippen LogP contribution in [0.3, 0.4) is 0 Å². The number of piperidine rings is 1. The van der Waals surface area contributed by atoms with Crippen LogP contribution in [-0.2, 0) is 25.5 Å². The molecule has 0 bridgehead atoms. The van der Waals surface area contributed by atoms with Crippen molar-refractivity contribution in [3.63, 3.8) is 0 Å². The lowest BCUT2D eigenvalue weighted by molar-refractivity contribution is -0.158. The molecule has 3 N–H and O–H groups in total. The Kier molecular flexibility index (Phi) is 3.58. The van der Waals surface area contributed by atoms with E-state index in [1.165, 1.54) is 0 Å². The fourth-order valence-corrected chi connectivity index (χ4v) is 5.16. The Balaban J connectivity index is 1.79. The summed E-state index contributed by atoms with van der Waals surface area (Å²) in [6.07, 6.45) is -1.29. The summed E-state index contributed by atoms with van der Waals surface area (Å²) < 4.78 is 26.5. The van der Waals surface area contributed by atoms with Crippen molar-refractivity contribution in [2.24, 2.45) is 5.41 Å². The molecule has 29 heavy (non-hydrogen) atoms. The normalized spacial score (nSPS) is 31.8. The number of morpholine rings is 1. The summed E-state index contributed by atoms with van der Waals surface area (Å²) in [6.45, 7) is 3.85. The highest BCUT2D eigenvalue weighted by molar-refractivity contribution is 6.22. The molecule has 0 aliphatic carbocycles. The van der Waals surface area contributed by atoms with Crippen molar-refractivity contribution in [1.29, 1.82) is 0 Å². The van der Waals surface area contributed by atoms with E-state index in [0.29, 0.717) is 5.56 Å². The number of nitrogens with one attached hydrogen (secondary N) is 1. The molecule has 3 aliphatic rings. The van der Waals surface area contributed by atoms with Crippen molar-refractivity contribution >= 4 is 40.1 Å². The Morgan fingerprint density at radius 3 is 2.83 bits per heavy atom. The quantitative estimate of drug-likeness (QED) is 0.487. The van der Waals surface area contributed by atoms with Gasteiger partial charge in [0.2, 0.25) is 17.4 Å². The number of ether oxygens (including phenoxy) is 1. The van der Waals surface area contributed by atoms with E-state index >= 15 is 4.39 Å². The molecule has 0 saturated carbocycles. The lowest BCUT2D eigenvalue weighted by Crippen LogP contribution is -2.72. The standard InChI is InChI=1S/C19H19FN4O5/c1-7-6-24-14-9(3-10-15(13(14)20)29-23-17(10)21)5-19(16(24)8(2)28-7)11(25)4-12(26)22-18(19)27/h3,7-8,16H,4-6H2,1-2H3,(H2,21,23)(H,22,26,27)/t7-,8+,16-,19?/m1/s1. The van der Waals surface area contributed by atoms with Gasteiger partial charge < -0.3 is 19.9 Å². The van der Waals surface area contributed by atoms with Gasteiger partial charge in [-0.3, -0.25) is 19.7 Å². The third kappa shape index (κ3) is 2.23. The highest BCUT2D eigenvalue weighted by Gasteiger charge is 2.62. The maximum Gasteiger partial charge on any atom is 0.242 e. The number of amides is 2. The highest BCUT2D eigenvalue weighted by Crippen LogP contribution is 2.50. The van der Waals surface area contributed by atoms with Crippen molar-refractivity contribution < 1.29 is 28.0 Å². The lowest BCUT2D eigenvalue weighted by Gasteiger charge is -2.55. The molecule has 1 spiro atoms. The van der Waals surface area contributed by atoms with Crippen LogP contribution in [0.2, 0.25) is 0 Å². The van der Waals surface area contributed by atoms with Gasteiger partial charge in [-0.05, 0) is 31.9 Å². The number of benzene rings is 1. The third-order valence-corrected chi connectivity index (χ3v) is 6.21. The SMILES string of the molecule is C[C@@H]1CN2c3c(cc4c(N)noc4c3F)CC3(C(=O)CC(=O)NC3=O)[C@H]2[C@H](C)O1. The van der Waals surface area contributed by atoms with Gasteiger partial charge in [-0.1, -0.05) is 5.16 Å². The molecule has 9 nitrogen and oxygen atoms in total. The number of fused-ring (bicyclic) bond motifs is 5. The molecule has 3 aliphatic heterocycles. The summed E-state index contributed by atoms with van der Waals surface area (Å²) in [5.74, 6) is -2.41. The van der Waals surface area contributed by atoms with Gasteiger partial charge in [0.05, 0.1) is 35.7 Å². The molecular weight excluding hydrogens is 383 g/mol. The topological polar surface area (TPSA) is 128 Å². The summed E-state index contributed by atoms with van der Waals surface area (Å²) >= 11 is 0. The molecule has 2 fully saturated rings. The van der Waals surface area contributed by atoms with E-state index in [0.717, 1.165) is 0 Å². The zero-order chi connectivity index (χ0) is 20.7. The first-order valence-electron chi connectivity index (χ1n) is 9.40. The third-order valence-electron chi connectivity index (χ3n) is 6.21. The minimum absolute atomic E-state index is 0.0242. The number of halogens is 1. The van der Waals surface area contributed by atoms with E-state index in [9.17, 15) is 14.4 Å². The van der Waals surface area contributed by atoms with E-state index in [1.807, 2.05) is 6.92 Å². The zero-order valence-corrected chi connectivity index (χ0v) is 15.8. The Morgan fingerprint density at radius 1 is 1.34 bits per heavy atom. The van der Waals surface area contributed by atoms with Crippen LogP contribution in [0.4, 0.5) is 15.9 Å². The number of hydrogen-bond donors (Lipinski definition) is 2. The number of ketones is 1. The Morgan fingerprint density at radius 2 is 2.10 bits per heavy atom. The number of imide groups is 1. The van der Waals surface area contributed by atoms with E-state index in [2.05, 4.69) is 10.5 Å². The maximum absolute atomic E-state index is 15.5. The van der Waals surface area contributed by atoms with E-state index in [4.69, 9.17) is 15.0 Å². The average molecular weight is 402 g/mol. The van der Waals surface area contributed by atoms with Gasteiger partial charge in [0.1, 0.15) is 5.41 Å². The highest BCUT2D eigenvalue weighted by atomic mass is 19.1. The molecule has 152 valence electrons. The summed E-state index contributed by atoms with van der Waals surface area (Å²) in [4.78, 5) is 39.7. The Bertz CT molecular complexity index is 1080. The molecule has 1 unspecified atom stereocenters. The number of Topliss-reactive ketones (excluding diaryl/α,β-unsaturated/α-hetero) is 1. The molecule has 4 heterocycles. The van der Waals surface area contributed by atoms with Crippen LogP contribution < -0.4 is 16.0 Å². The van der Waals surface area contributed by atoms with E-state index in [-0.39, 0.29) is 41.5 Å². The second-order valence-electron chi connectivity index (χ2n) is 8.02. The lowest BCUT2D eigenvalue weighted by atomic mass is 9.63. The molecule has 4 atom stereocenters. The number of anilines is 2. The molecule has 1 aromatic carbocycles. The maximum atomic E-state index is 15.5. The minimum Gasteiger partial charge on any atom is -0.380 e. The number of aromatic nitrogens is 1. The van der Waals surface area contributed by atoms with Crippen LogP contribution in [0.15, 0.2) is 10.6 Å². The number of hydrogen-bond acceptors (Lipinski definition) is 8. The number of carbonyl (C=O) groups excluding carboxylic acids is 3. The van der Waals surface area contributed by atoms with Crippen LogP contribution in [-0.4, -0.2) is 47.5 Å². The summed E-state index contributed by atoms with van der Waals surface area (Å²) in [5, 5.41) is 6.21. The molecule has 5 rings (SSSR count). The first-order chi connectivity index (χ1) is 13.7. The molecular formula is C19H19FN4O5. The van der Waals surface area contributed by atoms with E-state index < -0.39 is 47.4 Å². The molecule has 2 aromatic rings. The average Bonchev–Trinajstić information content (AvgIpc) is 3.00. The smallest absolute Gasteiger partial charge is 0.242 e. The van der Waals surface area contributed by atoms with Crippen LogP contribution in [0.5, 0.6) is 0 Å². The molecule has 10 heteroatoms. The molecule has 2 saturated heterocycles. The minimum atomic E-state index is -1.56. The van der Waals surface area contributed by atoms with E-state index in [1.54, 1.807) is 17.9 Å². The van der Waals surface area contributed by atoms with Crippen LogP contribution in [0.25, 0.3) is 11.0 Å². The van der Waals surface area contributed by atoms with Crippen molar-refractivity contribution in [1.82, 2.24) is 10.5 Å². The Labute approximate surface area is 164 Å². The number of rotatable bonds is 0. The predicted octanol–water partition coefficient (Wildman–Crippen LogP) is 0.689. The van der Waals surface area contributed by atoms with Gasteiger partial charge in [-0.15, -0.1) is 0 Å². The zero-order valence-electron chi connectivity index (χ0n) is 15.8. The van der Waals surface area contributed by atoms with Gasteiger partial charge in [0, 0.05) is 6.54 Å². The number of nitrogens with two attached hydrogens (primary N) is 1. The van der Waals surface area contributed by atoms with Crippen molar-refractivity contribution in [3.05, 3.63) is 17.4 Å². The van der Waals surface area contributed by atoms with Crippen LogP contribution >= 0.6 is 0 Å². The second kappa shape index (κ2) is 5.76. The largest absolute Gasteiger partial charge is 0.380 e. The van der Waals surface area contributed by atoms with Gasteiger partial charge in [0.25, 0.3) is 0 Å². The van der Waals surface area contributed by atoms with Gasteiger partial charge in [0.15, 0.2) is 17.4 Å². The first kappa shape index (κ1) is 18.0. The van der Waals surface area contributed by atoms with Crippen molar-refractivity contribution in [2.75, 3.05) is 17.2 Å². The van der Waals surface area contributed by atoms with Gasteiger partial charge in [-0.25, -0.2) is 4.39 Å². The van der Waals surface area contributed by atoms with Crippen molar-refractivity contribution in [3.8, 4) is 0 Å². The number of nitrogen functional groups attached to an aromatic ring is 1. The van der Waals surface area contributed by atoms with Gasteiger partial charge >= 0.3 is 0 Å². The summed E-state index contributed by atoms with van der Waals surface area (Å²) in [7, 11) is 0. The first-order valence-corrected chi connectivity index (χ1v) is 9.40. The molecule has 2 amide bonds. The molecule has 0 radical (unpaired) electrons. The van der Waals surface area contributed by atoms with Gasteiger partial charge in [-0.2, -0.15) is 0 Å². The number of carbonyl (C=O) groups is 3. The molecule has 1 aromatic heterocycles.